The Balaban J connectivity index is 2.44. The highest BCUT2D eigenvalue weighted by Gasteiger charge is 2.17. The maximum absolute atomic E-state index is 11.6. The lowest BCUT2D eigenvalue weighted by molar-refractivity contribution is 0.0940. The largest absolute Gasteiger partial charge is 0.479 e. The number of nitrogens with zero attached hydrogens (tertiary/aromatic N) is 2. The highest BCUT2D eigenvalue weighted by molar-refractivity contribution is 5.93. The lowest BCUT2D eigenvalue weighted by atomic mass is 10.2. The topological polar surface area (TPSA) is 78.6 Å². The Morgan fingerprint density at radius 3 is 2.81 bits per heavy atom. The summed E-state index contributed by atoms with van der Waals surface area (Å²) in [6, 6.07) is 0. The standard InChI is InChI=1S/C10H17N3O3/c1-4-13(3)6-5-11-9(14)8-7(2)10(15)16-12-8/h15H,4-6H2,1-3H3,(H,11,14). The van der Waals surface area contributed by atoms with Gasteiger partial charge in [0.05, 0.1) is 5.56 Å². The van der Waals surface area contributed by atoms with Crippen LogP contribution in [-0.4, -0.2) is 47.8 Å². The number of hydrogen-bond acceptors (Lipinski definition) is 5. The van der Waals surface area contributed by atoms with Gasteiger partial charge in [0.2, 0.25) is 0 Å². The third-order valence-electron chi connectivity index (χ3n) is 2.43. The summed E-state index contributed by atoms with van der Waals surface area (Å²) in [6.07, 6.45) is 0. The first-order valence-corrected chi connectivity index (χ1v) is 5.18. The van der Waals surface area contributed by atoms with Crippen molar-refractivity contribution < 1.29 is 14.4 Å². The second kappa shape index (κ2) is 5.50. The first kappa shape index (κ1) is 12.5. The smallest absolute Gasteiger partial charge is 0.312 e. The Labute approximate surface area is 94.2 Å². The van der Waals surface area contributed by atoms with Gasteiger partial charge in [-0.3, -0.25) is 4.79 Å². The van der Waals surface area contributed by atoms with Crippen molar-refractivity contribution in [2.24, 2.45) is 0 Å². The molecule has 6 heteroatoms. The van der Waals surface area contributed by atoms with Crippen molar-refractivity contribution >= 4 is 5.91 Å². The number of hydrogen-bond donors (Lipinski definition) is 2. The van der Waals surface area contributed by atoms with Gasteiger partial charge < -0.3 is 19.8 Å². The molecule has 90 valence electrons. The van der Waals surface area contributed by atoms with E-state index < -0.39 is 0 Å². The number of nitrogens with one attached hydrogen (secondary N) is 1. The van der Waals surface area contributed by atoms with Crippen LogP contribution in [0.5, 0.6) is 5.95 Å². The average molecular weight is 227 g/mol. The molecule has 0 fully saturated rings. The number of likely N-dealkylation sites (N-methyl/N-ethyl adjacent to an activating group) is 1. The van der Waals surface area contributed by atoms with E-state index in [0.29, 0.717) is 12.1 Å². The lowest BCUT2D eigenvalue weighted by Gasteiger charge is -2.13. The Morgan fingerprint density at radius 1 is 1.62 bits per heavy atom. The minimum Gasteiger partial charge on any atom is -0.479 e. The SMILES string of the molecule is CCN(C)CCNC(=O)c1noc(O)c1C. The summed E-state index contributed by atoms with van der Waals surface area (Å²) in [5, 5.41) is 15.3. The van der Waals surface area contributed by atoms with Gasteiger partial charge in [-0.15, -0.1) is 0 Å². The Bertz CT molecular complexity index is 362. The van der Waals surface area contributed by atoms with Crippen LogP contribution < -0.4 is 5.32 Å². The van der Waals surface area contributed by atoms with E-state index in [0.717, 1.165) is 13.1 Å². The molecule has 0 bridgehead atoms. The van der Waals surface area contributed by atoms with E-state index in [9.17, 15) is 4.79 Å². The molecule has 16 heavy (non-hydrogen) atoms. The number of aromatic nitrogens is 1. The molecule has 2 N–H and O–H groups in total. The molecule has 0 saturated heterocycles. The van der Waals surface area contributed by atoms with E-state index in [1.807, 2.05) is 14.0 Å². The highest BCUT2D eigenvalue weighted by atomic mass is 16.5. The van der Waals surface area contributed by atoms with Gasteiger partial charge in [0.1, 0.15) is 0 Å². The summed E-state index contributed by atoms with van der Waals surface area (Å²) < 4.78 is 4.50. The van der Waals surface area contributed by atoms with Crippen LogP contribution in [0, 0.1) is 6.92 Å². The molecular formula is C10H17N3O3. The van der Waals surface area contributed by atoms with Crippen molar-refractivity contribution in [1.29, 1.82) is 0 Å². The van der Waals surface area contributed by atoms with Gasteiger partial charge >= 0.3 is 5.95 Å². The van der Waals surface area contributed by atoms with E-state index in [4.69, 9.17) is 5.11 Å². The van der Waals surface area contributed by atoms with Crippen LogP contribution in [0.25, 0.3) is 0 Å². The fourth-order valence-electron chi connectivity index (χ4n) is 1.14. The minimum atomic E-state index is -0.328. The van der Waals surface area contributed by atoms with E-state index >= 15 is 0 Å². The predicted octanol–water partition coefficient (Wildman–Crippen LogP) is 0.370. The summed E-state index contributed by atoms with van der Waals surface area (Å²) in [7, 11) is 1.97. The van der Waals surface area contributed by atoms with Crippen molar-refractivity contribution in [1.82, 2.24) is 15.4 Å². The molecule has 0 aliphatic carbocycles. The van der Waals surface area contributed by atoms with Crippen molar-refractivity contribution in [3.63, 3.8) is 0 Å². The van der Waals surface area contributed by atoms with E-state index in [-0.39, 0.29) is 17.5 Å². The van der Waals surface area contributed by atoms with Crippen LogP contribution in [0.3, 0.4) is 0 Å². The second-order valence-electron chi connectivity index (χ2n) is 3.61. The monoisotopic (exact) mass is 227 g/mol. The molecule has 0 aliphatic rings. The number of rotatable bonds is 5. The number of amides is 1. The summed E-state index contributed by atoms with van der Waals surface area (Å²) in [5.41, 5.74) is 0.498. The van der Waals surface area contributed by atoms with Gasteiger partial charge in [-0.25, -0.2) is 0 Å². The van der Waals surface area contributed by atoms with Crippen LogP contribution in [0.15, 0.2) is 4.52 Å². The van der Waals surface area contributed by atoms with Gasteiger partial charge in [0, 0.05) is 13.1 Å². The van der Waals surface area contributed by atoms with Gasteiger partial charge in [0.15, 0.2) is 5.69 Å². The first-order chi connectivity index (χ1) is 7.56. The number of aromatic hydroxyl groups is 1. The zero-order valence-corrected chi connectivity index (χ0v) is 9.78. The minimum absolute atomic E-state index is 0.136. The highest BCUT2D eigenvalue weighted by Crippen LogP contribution is 2.18. The molecule has 1 amide bonds. The molecule has 0 spiro atoms. The van der Waals surface area contributed by atoms with Crippen LogP contribution in [-0.2, 0) is 0 Å². The maximum Gasteiger partial charge on any atom is 0.312 e. The summed E-state index contributed by atoms with van der Waals surface area (Å²) in [6.45, 7) is 5.86. The van der Waals surface area contributed by atoms with Crippen LogP contribution in [0.4, 0.5) is 0 Å². The lowest BCUT2D eigenvalue weighted by Crippen LogP contribution is -2.33. The average Bonchev–Trinajstić information content (AvgIpc) is 2.59. The van der Waals surface area contributed by atoms with Crippen LogP contribution in [0.1, 0.15) is 23.0 Å². The molecule has 1 rings (SSSR count). The van der Waals surface area contributed by atoms with Gasteiger partial charge in [-0.1, -0.05) is 12.1 Å². The first-order valence-electron chi connectivity index (χ1n) is 5.18. The van der Waals surface area contributed by atoms with Crippen molar-refractivity contribution in [3.8, 4) is 5.95 Å². The summed E-state index contributed by atoms with van der Waals surface area (Å²) >= 11 is 0. The summed E-state index contributed by atoms with van der Waals surface area (Å²) in [5.74, 6) is -0.637. The summed E-state index contributed by atoms with van der Waals surface area (Å²) in [4.78, 5) is 13.7. The van der Waals surface area contributed by atoms with Crippen molar-refractivity contribution in [2.45, 2.75) is 13.8 Å². The predicted molar refractivity (Wildman–Crippen MR) is 58.4 cm³/mol. The van der Waals surface area contributed by atoms with E-state index in [1.165, 1.54) is 0 Å². The van der Waals surface area contributed by atoms with E-state index in [2.05, 4.69) is 19.9 Å². The van der Waals surface area contributed by atoms with Gasteiger partial charge in [-0.2, -0.15) is 0 Å². The molecule has 0 aliphatic heterocycles. The Hall–Kier alpha value is -1.56. The van der Waals surface area contributed by atoms with Gasteiger partial charge in [0.25, 0.3) is 5.91 Å². The fraction of sp³-hybridized carbons (Fsp3) is 0.600. The maximum atomic E-state index is 11.6. The third kappa shape index (κ3) is 2.96. The van der Waals surface area contributed by atoms with Crippen molar-refractivity contribution in [2.75, 3.05) is 26.7 Å². The zero-order chi connectivity index (χ0) is 12.1. The molecule has 0 aromatic carbocycles. The quantitative estimate of drug-likeness (QED) is 0.759. The number of carbonyl (C=O) groups is 1. The normalized spacial score (nSPS) is 10.8. The molecule has 0 saturated carbocycles. The van der Waals surface area contributed by atoms with E-state index in [1.54, 1.807) is 6.92 Å². The Kier molecular flexibility index (Phi) is 4.30. The zero-order valence-electron chi connectivity index (χ0n) is 9.78. The molecule has 1 heterocycles. The van der Waals surface area contributed by atoms with Crippen LogP contribution in [0.2, 0.25) is 0 Å². The van der Waals surface area contributed by atoms with Crippen LogP contribution >= 0.6 is 0 Å². The molecule has 0 radical (unpaired) electrons. The third-order valence-corrected chi connectivity index (χ3v) is 2.43. The molecule has 0 unspecified atom stereocenters. The molecule has 6 nitrogen and oxygen atoms in total. The Morgan fingerprint density at radius 2 is 2.31 bits per heavy atom. The van der Waals surface area contributed by atoms with Crippen molar-refractivity contribution in [3.05, 3.63) is 11.3 Å². The fourth-order valence-corrected chi connectivity index (χ4v) is 1.14. The molecule has 1 aromatic rings. The van der Waals surface area contributed by atoms with Gasteiger partial charge in [-0.05, 0) is 20.5 Å². The molecular weight excluding hydrogens is 210 g/mol. The number of carbonyl (C=O) groups excluding carboxylic acids is 1. The molecule has 0 atom stereocenters. The molecule has 1 aromatic heterocycles. The second-order valence-corrected chi connectivity index (χ2v) is 3.61.